The lowest BCUT2D eigenvalue weighted by atomic mass is 10.1. The van der Waals surface area contributed by atoms with Crippen LogP contribution in [0.4, 0.5) is 0 Å². The maximum atomic E-state index is 12.5. The minimum absolute atomic E-state index is 0.0587. The Morgan fingerprint density at radius 3 is 2.71 bits per heavy atom. The Hall–Kier alpha value is -3.93. The van der Waals surface area contributed by atoms with E-state index < -0.39 is 17.0 Å². The summed E-state index contributed by atoms with van der Waals surface area (Å²) in [7, 11) is 0. The van der Waals surface area contributed by atoms with Crippen LogP contribution in [0, 0.1) is 6.92 Å². The molecule has 0 radical (unpaired) electrons. The van der Waals surface area contributed by atoms with Crippen molar-refractivity contribution in [2.75, 3.05) is 0 Å². The number of ketones is 1. The summed E-state index contributed by atoms with van der Waals surface area (Å²) >= 11 is 0. The maximum Gasteiger partial charge on any atom is 0.347 e. The van der Waals surface area contributed by atoms with Crippen molar-refractivity contribution in [3.63, 3.8) is 0 Å². The van der Waals surface area contributed by atoms with Gasteiger partial charge >= 0.3 is 5.63 Å². The Morgan fingerprint density at radius 2 is 1.89 bits per heavy atom. The molecule has 0 aliphatic carbocycles. The van der Waals surface area contributed by atoms with Crippen LogP contribution in [0.25, 0.3) is 27.9 Å². The predicted octanol–water partition coefficient (Wildman–Crippen LogP) is 3.54. The molecular weight excluding hydrogens is 358 g/mol. The van der Waals surface area contributed by atoms with Crippen LogP contribution in [-0.2, 0) is 0 Å². The van der Waals surface area contributed by atoms with E-state index in [0.717, 1.165) is 11.6 Å². The number of carbonyl (C=O) groups excluding carboxylic acids is 1. The molecule has 4 rings (SSSR count). The fourth-order valence-electron chi connectivity index (χ4n) is 3.10. The lowest BCUT2D eigenvalue weighted by molar-refractivity contribution is 0.104. The predicted molar refractivity (Wildman–Crippen MR) is 107 cm³/mol. The molecule has 2 N–H and O–H groups in total. The standard InChI is InChI=1S/C22H15NO5/c1-12-5-4-7-14-19(12)23-21(26)15(20(14)25)9-10-17(24)16-11-13-6-2-3-8-18(13)28-22(16)27/h2-11H,1H3,(H2,23,25,26)/b10-9+. The number of H-pyrrole nitrogens is 1. The number of aromatic hydroxyl groups is 1. The monoisotopic (exact) mass is 373 g/mol. The summed E-state index contributed by atoms with van der Waals surface area (Å²) in [5.74, 6) is -0.848. The maximum absolute atomic E-state index is 12.5. The minimum Gasteiger partial charge on any atom is -0.506 e. The van der Waals surface area contributed by atoms with Crippen molar-refractivity contribution in [3.05, 3.63) is 92.1 Å². The van der Waals surface area contributed by atoms with E-state index in [2.05, 4.69) is 4.98 Å². The highest BCUT2D eigenvalue weighted by Gasteiger charge is 2.14. The van der Waals surface area contributed by atoms with E-state index in [1.807, 2.05) is 13.0 Å². The van der Waals surface area contributed by atoms with E-state index in [-0.39, 0.29) is 16.9 Å². The number of pyridine rings is 1. The quantitative estimate of drug-likeness (QED) is 0.325. The van der Waals surface area contributed by atoms with Gasteiger partial charge in [-0.05, 0) is 42.8 Å². The van der Waals surface area contributed by atoms with E-state index >= 15 is 0 Å². The number of hydrogen-bond acceptors (Lipinski definition) is 5. The number of hydrogen-bond donors (Lipinski definition) is 2. The zero-order chi connectivity index (χ0) is 19.8. The van der Waals surface area contributed by atoms with Crippen molar-refractivity contribution in [2.24, 2.45) is 0 Å². The molecule has 0 saturated carbocycles. The number of aryl methyl sites for hydroxylation is 1. The third-order valence-electron chi connectivity index (χ3n) is 4.57. The van der Waals surface area contributed by atoms with Crippen LogP contribution < -0.4 is 11.2 Å². The molecule has 0 amide bonds. The van der Waals surface area contributed by atoms with E-state index in [4.69, 9.17) is 4.42 Å². The van der Waals surface area contributed by atoms with Crippen molar-refractivity contribution >= 4 is 33.7 Å². The van der Waals surface area contributed by atoms with E-state index in [1.54, 1.807) is 36.4 Å². The molecule has 28 heavy (non-hydrogen) atoms. The molecule has 2 heterocycles. The lowest BCUT2D eigenvalue weighted by Crippen LogP contribution is -2.13. The Balaban J connectivity index is 1.78. The van der Waals surface area contributed by atoms with Crippen molar-refractivity contribution in [2.45, 2.75) is 6.92 Å². The first-order chi connectivity index (χ1) is 13.5. The third-order valence-corrected chi connectivity index (χ3v) is 4.57. The summed E-state index contributed by atoms with van der Waals surface area (Å²) in [5, 5.41) is 11.6. The summed E-state index contributed by atoms with van der Waals surface area (Å²) in [4.78, 5) is 39.6. The van der Waals surface area contributed by atoms with E-state index in [0.29, 0.717) is 21.9 Å². The van der Waals surface area contributed by atoms with Gasteiger partial charge in [-0.15, -0.1) is 0 Å². The third kappa shape index (κ3) is 2.91. The Morgan fingerprint density at radius 1 is 1.11 bits per heavy atom. The summed E-state index contributed by atoms with van der Waals surface area (Å²) in [6.45, 7) is 1.82. The molecule has 4 aromatic rings. The van der Waals surface area contributed by atoms with Crippen LogP contribution >= 0.6 is 0 Å². The fraction of sp³-hybridized carbons (Fsp3) is 0.0455. The van der Waals surface area contributed by atoms with Gasteiger partial charge in [0.25, 0.3) is 5.56 Å². The van der Waals surface area contributed by atoms with Crippen molar-refractivity contribution < 1.29 is 14.3 Å². The molecule has 0 saturated heterocycles. The topological polar surface area (TPSA) is 100 Å². The van der Waals surface area contributed by atoms with Crippen molar-refractivity contribution in [1.29, 1.82) is 0 Å². The van der Waals surface area contributed by atoms with Crippen LogP contribution in [0.1, 0.15) is 21.5 Å². The normalized spacial score (nSPS) is 11.5. The highest BCUT2D eigenvalue weighted by Crippen LogP contribution is 2.27. The molecule has 0 fully saturated rings. The van der Waals surface area contributed by atoms with Gasteiger partial charge in [-0.1, -0.05) is 30.3 Å². The van der Waals surface area contributed by atoms with Gasteiger partial charge in [-0.3, -0.25) is 9.59 Å². The van der Waals surface area contributed by atoms with Crippen molar-refractivity contribution in [1.82, 2.24) is 4.98 Å². The van der Waals surface area contributed by atoms with Gasteiger partial charge in [0.1, 0.15) is 16.9 Å². The molecule has 6 nitrogen and oxygen atoms in total. The summed E-state index contributed by atoms with van der Waals surface area (Å²) in [6, 6.07) is 13.5. The number of rotatable bonds is 3. The summed E-state index contributed by atoms with van der Waals surface area (Å²) in [5.41, 5.74) is 0.217. The zero-order valence-corrected chi connectivity index (χ0v) is 14.9. The van der Waals surface area contributed by atoms with Gasteiger partial charge in [0.2, 0.25) is 0 Å². The van der Waals surface area contributed by atoms with Gasteiger partial charge in [-0.25, -0.2) is 4.79 Å². The van der Waals surface area contributed by atoms with Crippen LogP contribution in [0.5, 0.6) is 5.75 Å². The SMILES string of the molecule is Cc1cccc2c(O)c(/C=C/C(=O)c3cc4ccccc4oc3=O)c(=O)[nH]c12. The largest absolute Gasteiger partial charge is 0.506 e. The van der Waals surface area contributed by atoms with Crippen LogP contribution in [0.15, 0.2) is 68.6 Å². The number of benzene rings is 2. The Bertz CT molecular complexity index is 1390. The molecule has 2 aromatic heterocycles. The average Bonchev–Trinajstić information content (AvgIpc) is 2.68. The molecule has 0 atom stereocenters. The minimum atomic E-state index is -0.763. The first kappa shape index (κ1) is 17.5. The molecule has 0 aliphatic heterocycles. The highest BCUT2D eigenvalue weighted by atomic mass is 16.4. The van der Waals surface area contributed by atoms with Crippen LogP contribution in [0.3, 0.4) is 0 Å². The zero-order valence-electron chi connectivity index (χ0n) is 14.9. The van der Waals surface area contributed by atoms with Gasteiger partial charge in [0, 0.05) is 10.8 Å². The number of carbonyl (C=O) groups is 1. The number of aromatic amines is 1. The van der Waals surface area contributed by atoms with E-state index in [1.165, 1.54) is 12.1 Å². The van der Waals surface area contributed by atoms with Crippen LogP contribution in [0.2, 0.25) is 0 Å². The molecule has 0 bridgehead atoms. The molecular formula is C22H15NO5. The van der Waals surface area contributed by atoms with Gasteiger partial charge in [0.15, 0.2) is 5.78 Å². The van der Waals surface area contributed by atoms with Crippen molar-refractivity contribution in [3.8, 4) is 5.75 Å². The Kier molecular flexibility index (Phi) is 4.16. The number of nitrogens with one attached hydrogen (secondary N) is 1. The number of aromatic nitrogens is 1. The smallest absolute Gasteiger partial charge is 0.347 e. The first-order valence-electron chi connectivity index (χ1n) is 8.55. The van der Waals surface area contributed by atoms with Gasteiger partial charge < -0.3 is 14.5 Å². The highest BCUT2D eigenvalue weighted by molar-refractivity contribution is 6.08. The second kappa shape index (κ2) is 6.66. The molecule has 0 spiro atoms. The molecule has 6 heteroatoms. The lowest BCUT2D eigenvalue weighted by Gasteiger charge is -2.06. The van der Waals surface area contributed by atoms with Gasteiger partial charge in [-0.2, -0.15) is 0 Å². The molecule has 0 aliphatic rings. The average molecular weight is 373 g/mol. The number of fused-ring (bicyclic) bond motifs is 2. The second-order valence-corrected chi connectivity index (χ2v) is 6.40. The number of allylic oxidation sites excluding steroid dienone is 1. The summed E-state index contributed by atoms with van der Waals surface area (Å²) < 4.78 is 5.16. The molecule has 0 unspecified atom stereocenters. The summed E-state index contributed by atoms with van der Waals surface area (Å²) in [6.07, 6.45) is 2.28. The molecule has 2 aromatic carbocycles. The van der Waals surface area contributed by atoms with E-state index in [9.17, 15) is 19.5 Å². The Labute approximate surface area is 158 Å². The number of para-hydroxylation sites is 2. The second-order valence-electron chi connectivity index (χ2n) is 6.40. The first-order valence-corrected chi connectivity index (χ1v) is 8.55. The molecule has 138 valence electrons. The van der Waals surface area contributed by atoms with Crippen LogP contribution in [-0.4, -0.2) is 15.9 Å². The fourth-order valence-corrected chi connectivity index (χ4v) is 3.10. The van der Waals surface area contributed by atoms with Gasteiger partial charge in [0.05, 0.1) is 11.1 Å².